The number of nitro benzene ring substituents is 1. The number of anilines is 1. The van der Waals surface area contributed by atoms with E-state index in [2.05, 4.69) is 5.32 Å². The summed E-state index contributed by atoms with van der Waals surface area (Å²) in [6.45, 7) is 4.18. The zero-order valence-electron chi connectivity index (χ0n) is 10.7. The first kappa shape index (κ1) is 15.7. The van der Waals surface area contributed by atoms with Crippen molar-refractivity contribution in [1.82, 2.24) is 0 Å². The van der Waals surface area contributed by atoms with E-state index in [1.54, 1.807) is 0 Å². The predicted molar refractivity (Wildman–Crippen MR) is 72.0 cm³/mol. The number of nitrogens with zero attached hydrogens (tertiary/aromatic N) is 1. The van der Waals surface area contributed by atoms with Crippen LogP contribution in [-0.2, 0) is 0 Å². The van der Waals surface area contributed by atoms with Gasteiger partial charge in [-0.3, -0.25) is 10.1 Å². The Morgan fingerprint density at radius 1 is 1.53 bits per heavy atom. The topological polar surface area (TPSA) is 75.4 Å². The summed E-state index contributed by atoms with van der Waals surface area (Å²) in [4.78, 5) is 10.3. The lowest BCUT2D eigenvalue weighted by atomic mass is 9.89. The fraction of sp³-hybridized carbons (Fsp3) is 0.500. The molecule has 19 heavy (non-hydrogen) atoms. The smallest absolute Gasteiger partial charge is 0.294 e. The maximum atomic E-state index is 13.4. The summed E-state index contributed by atoms with van der Waals surface area (Å²) in [6, 6.07) is 1.99. The van der Waals surface area contributed by atoms with Gasteiger partial charge in [-0.25, -0.2) is 4.39 Å². The van der Waals surface area contributed by atoms with Gasteiger partial charge in [-0.15, -0.1) is 0 Å². The summed E-state index contributed by atoms with van der Waals surface area (Å²) in [5.41, 5.74) is -0.456. The van der Waals surface area contributed by atoms with E-state index in [0.717, 1.165) is 12.1 Å². The molecule has 0 fully saturated rings. The number of rotatable bonds is 6. The summed E-state index contributed by atoms with van der Waals surface area (Å²) in [6.07, 6.45) is 0.532. The first-order valence-electron chi connectivity index (χ1n) is 5.75. The van der Waals surface area contributed by atoms with Crippen LogP contribution in [0.25, 0.3) is 0 Å². The van der Waals surface area contributed by atoms with E-state index in [-0.39, 0.29) is 28.4 Å². The first-order valence-corrected chi connectivity index (χ1v) is 6.13. The highest BCUT2D eigenvalue weighted by Crippen LogP contribution is 2.31. The Labute approximate surface area is 115 Å². The van der Waals surface area contributed by atoms with Crippen molar-refractivity contribution in [3.8, 4) is 0 Å². The predicted octanol–water partition coefficient (Wildman–Crippen LogP) is 3.21. The highest BCUT2D eigenvalue weighted by molar-refractivity contribution is 6.31. The zero-order valence-corrected chi connectivity index (χ0v) is 11.5. The Kier molecular flexibility index (Phi) is 5.08. The number of nitro groups is 1. The van der Waals surface area contributed by atoms with Crippen LogP contribution in [0.5, 0.6) is 0 Å². The van der Waals surface area contributed by atoms with Crippen molar-refractivity contribution in [2.45, 2.75) is 20.3 Å². The second-order valence-electron chi connectivity index (χ2n) is 5.03. The van der Waals surface area contributed by atoms with Crippen LogP contribution < -0.4 is 5.32 Å². The Morgan fingerprint density at radius 2 is 2.16 bits per heavy atom. The van der Waals surface area contributed by atoms with Gasteiger partial charge in [0.25, 0.3) is 5.69 Å². The molecule has 0 atom stereocenters. The van der Waals surface area contributed by atoms with Crippen molar-refractivity contribution >= 4 is 23.0 Å². The second-order valence-corrected chi connectivity index (χ2v) is 5.44. The van der Waals surface area contributed by atoms with Gasteiger partial charge in [0.05, 0.1) is 9.95 Å². The molecule has 0 saturated heterocycles. The van der Waals surface area contributed by atoms with Crippen LogP contribution in [0, 0.1) is 21.3 Å². The molecule has 0 aliphatic heterocycles. The molecule has 5 nitrogen and oxygen atoms in total. The number of hydrogen-bond acceptors (Lipinski definition) is 4. The summed E-state index contributed by atoms with van der Waals surface area (Å²) in [7, 11) is 0. The van der Waals surface area contributed by atoms with E-state index in [4.69, 9.17) is 16.7 Å². The van der Waals surface area contributed by atoms with Crippen molar-refractivity contribution in [2.24, 2.45) is 5.41 Å². The standard InChI is InChI=1S/C12H16ClFN2O3/c1-12(2,3-4-17)7-15-10-6-9(14)8(13)5-11(10)16(18)19/h5-6,15,17H,3-4,7H2,1-2H3. The first-order chi connectivity index (χ1) is 8.76. The van der Waals surface area contributed by atoms with Gasteiger partial charge in [0.1, 0.15) is 11.5 Å². The van der Waals surface area contributed by atoms with Gasteiger partial charge >= 0.3 is 0 Å². The molecule has 1 aromatic carbocycles. The lowest BCUT2D eigenvalue weighted by Gasteiger charge is -2.24. The third-order valence-corrected chi connectivity index (χ3v) is 3.07. The number of nitrogens with one attached hydrogen (secondary N) is 1. The maximum absolute atomic E-state index is 13.4. The number of hydrogen-bond donors (Lipinski definition) is 2. The van der Waals surface area contributed by atoms with Crippen LogP contribution in [0.2, 0.25) is 5.02 Å². The van der Waals surface area contributed by atoms with Crippen LogP contribution in [-0.4, -0.2) is 23.2 Å². The van der Waals surface area contributed by atoms with E-state index >= 15 is 0 Å². The molecule has 7 heteroatoms. The number of halogens is 2. The second kappa shape index (κ2) is 6.16. The molecule has 0 aliphatic rings. The summed E-state index contributed by atoms with van der Waals surface area (Å²) >= 11 is 5.53. The molecule has 0 aromatic heterocycles. The fourth-order valence-corrected chi connectivity index (χ4v) is 1.71. The molecule has 0 amide bonds. The fourth-order valence-electron chi connectivity index (χ4n) is 1.55. The molecule has 0 saturated carbocycles. The third kappa shape index (κ3) is 4.33. The summed E-state index contributed by atoms with van der Waals surface area (Å²) < 4.78 is 13.4. The summed E-state index contributed by atoms with van der Waals surface area (Å²) in [5.74, 6) is -0.713. The molecule has 0 heterocycles. The van der Waals surface area contributed by atoms with Crippen molar-refractivity contribution in [3.05, 3.63) is 33.1 Å². The van der Waals surface area contributed by atoms with E-state index in [1.807, 2.05) is 13.8 Å². The molecular formula is C12H16ClFN2O3. The van der Waals surface area contributed by atoms with Crippen molar-refractivity contribution in [2.75, 3.05) is 18.5 Å². The minimum Gasteiger partial charge on any atom is -0.396 e. The van der Waals surface area contributed by atoms with Gasteiger partial charge in [0.2, 0.25) is 0 Å². The van der Waals surface area contributed by atoms with Gasteiger partial charge in [0.15, 0.2) is 0 Å². The van der Waals surface area contributed by atoms with Gasteiger partial charge in [-0.05, 0) is 11.8 Å². The Bertz CT molecular complexity index is 480. The number of aliphatic hydroxyl groups excluding tert-OH is 1. The highest BCUT2D eigenvalue weighted by atomic mass is 35.5. The van der Waals surface area contributed by atoms with E-state index < -0.39 is 10.7 Å². The minimum atomic E-state index is -0.713. The average molecular weight is 291 g/mol. The molecular weight excluding hydrogens is 275 g/mol. The van der Waals surface area contributed by atoms with Crippen LogP contribution in [0.15, 0.2) is 12.1 Å². The largest absolute Gasteiger partial charge is 0.396 e. The normalized spacial score (nSPS) is 11.4. The van der Waals surface area contributed by atoms with Crippen LogP contribution in [0.4, 0.5) is 15.8 Å². The minimum absolute atomic E-state index is 0.0196. The molecule has 0 aliphatic carbocycles. The molecule has 2 N–H and O–H groups in total. The Hall–Kier alpha value is -1.40. The third-order valence-electron chi connectivity index (χ3n) is 2.78. The average Bonchev–Trinajstić information content (AvgIpc) is 2.30. The van der Waals surface area contributed by atoms with Crippen molar-refractivity contribution in [3.63, 3.8) is 0 Å². The quantitative estimate of drug-likeness (QED) is 0.623. The maximum Gasteiger partial charge on any atom is 0.294 e. The van der Waals surface area contributed by atoms with Crippen molar-refractivity contribution in [1.29, 1.82) is 0 Å². The van der Waals surface area contributed by atoms with Gasteiger partial charge < -0.3 is 10.4 Å². The lowest BCUT2D eigenvalue weighted by Crippen LogP contribution is -2.24. The lowest BCUT2D eigenvalue weighted by molar-refractivity contribution is -0.384. The van der Waals surface area contributed by atoms with E-state index in [1.165, 1.54) is 0 Å². The molecule has 1 rings (SSSR count). The van der Waals surface area contributed by atoms with E-state index in [0.29, 0.717) is 13.0 Å². The molecule has 1 aromatic rings. The monoisotopic (exact) mass is 290 g/mol. The van der Waals surface area contributed by atoms with Crippen LogP contribution in [0.3, 0.4) is 0 Å². The van der Waals surface area contributed by atoms with Gasteiger partial charge in [0, 0.05) is 25.3 Å². The molecule has 0 bridgehead atoms. The van der Waals surface area contributed by atoms with Crippen LogP contribution >= 0.6 is 11.6 Å². The Balaban J connectivity index is 2.94. The number of aliphatic hydroxyl groups is 1. The Morgan fingerprint density at radius 3 is 2.68 bits per heavy atom. The molecule has 0 radical (unpaired) electrons. The van der Waals surface area contributed by atoms with Gasteiger partial charge in [-0.1, -0.05) is 25.4 Å². The van der Waals surface area contributed by atoms with Crippen molar-refractivity contribution < 1.29 is 14.4 Å². The summed E-state index contributed by atoms with van der Waals surface area (Å²) in [5, 5.41) is 22.3. The van der Waals surface area contributed by atoms with Crippen LogP contribution in [0.1, 0.15) is 20.3 Å². The zero-order chi connectivity index (χ0) is 14.6. The molecule has 0 unspecified atom stereocenters. The molecule has 106 valence electrons. The highest BCUT2D eigenvalue weighted by Gasteiger charge is 2.21. The van der Waals surface area contributed by atoms with E-state index in [9.17, 15) is 14.5 Å². The van der Waals surface area contributed by atoms with Gasteiger partial charge in [-0.2, -0.15) is 0 Å². The molecule has 0 spiro atoms. The number of benzene rings is 1. The SMILES string of the molecule is CC(C)(CCO)CNc1cc(F)c(Cl)cc1[N+](=O)[O-].